The summed E-state index contributed by atoms with van der Waals surface area (Å²) >= 11 is 0. The van der Waals surface area contributed by atoms with Crippen LogP contribution in [0.25, 0.3) is 0 Å². The normalized spacial score (nSPS) is 15.2. The van der Waals surface area contributed by atoms with E-state index in [1.54, 1.807) is 0 Å². The molecule has 0 saturated carbocycles. The Hall–Kier alpha value is -1.71. The second kappa shape index (κ2) is 6.59. The fourth-order valence-electron chi connectivity index (χ4n) is 2.49. The molecule has 0 aromatic heterocycles. The second-order valence-electron chi connectivity index (χ2n) is 7.31. The molecule has 1 aliphatic heterocycles. The Morgan fingerprint density at radius 2 is 2.09 bits per heavy atom. The summed E-state index contributed by atoms with van der Waals surface area (Å²) in [5, 5.41) is 2.85. The number of amides is 1. The number of ether oxygens (including phenoxy) is 2. The first-order valence-corrected chi connectivity index (χ1v) is 7.98. The first-order chi connectivity index (χ1) is 10.2. The number of hydrogen-bond acceptors (Lipinski definition) is 3. The number of fused-ring (bicyclic) bond motifs is 1. The molecule has 0 spiro atoms. The van der Waals surface area contributed by atoms with Crippen molar-refractivity contribution >= 4 is 6.09 Å². The van der Waals surface area contributed by atoms with Crippen molar-refractivity contribution in [2.24, 2.45) is 5.92 Å². The lowest BCUT2D eigenvalue weighted by molar-refractivity contribution is 0.0662. The van der Waals surface area contributed by atoms with Crippen molar-refractivity contribution in [3.63, 3.8) is 0 Å². The van der Waals surface area contributed by atoms with Gasteiger partial charge in [0.15, 0.2) is 0 Å². The van der Waals surface area contributed by atoms with Crippen LogP contribution in [0.1, 0.15) is 45.7 Å². The molecule has 1 heterocycles. The molecular formula is C18H27NO3. The van der Waals surface area contributed by atoms with Gasteiger partial charge in [0.1, 0.15) is 11.9 Å². The lowest BCUT2D eigenvalue weighted by Crippen LogP contribution is -2.43. The minimum atomic E-state index is -0.351. The maximum atomic E-state index is 12.0. The fourth-order valence-corrected chi connectivity index (χ4v) is 2.49. The SMILES string of the molecule is CC(C)C(Cc1ccc2c(c1)CCO2)OC(=O)NC(C)(C)C. The van der Waals surface area contributed by atoms with Crippen LogP contribution in [0.15, 0.2) is 18.2 Å². The van der Waals surface area contributed by atoms with Gasteiger partial charge >= 0.3 is 6.09 Å². The number of carbonyl (C=O) groups excluding carboxylic acids is 1. The van der Waals surface area contributed by atoms with Gasteiger partial charge in [-0.25, -0.2) is 4.79 Å². The smallest absolute Gasteiger partial charge is 0.407 e. The number of rotatable bonds is 4. The summed E-state index contributed by atoms with van der Waals surface area (Å²) in [7, 11) is 0. The van der Waals surface area contributed by atoms with Gasteiger partial charge in [0, 0.05) is 18.4 Å². The van der Waals surface area contributed by atoms with E-state index in [-0.39, 0.29) is 23.7 Å². The van der Waals surface area contributed by atoms with Crippen LogP contribution >= 0.6 is 0 Å². The van der Waals surface area contributed by atoms with Crippen molar-refractivity contribution in [1.29, 1.82) is 0 Å². The van der Waals surface area contributed by atoms with Gasteiger partial charge in [-0.05, 0) is 43.9 Å². The van der Waals surface area contributed by atoms with E-state index in [1.165, 1.54) is 11.1 Å². The summed E-state index contributed by atoms with van der Waals surface area (Å²) in [6.45, 7) is 10.7. The summed E-state index contributed by atoms with van der Waals surface area (Å²) in [5.74, 6) is 1.24. The van der Waals surface area contributed by atoms with Crippen LogP contribution in [-0.2, 0) is 17.6 Å². The predicted octanol–water partition coefficient (Wildman–Crippen LogP) is 3.71. The molecule has 4 heteroatoms. The van der Waals surface area contributed by atoms with E-state index in [0.717, 1.165) is 25.2 Å². The highest BCUT2D eigenvalue weighted by molar-refractivity contribution is 5.68. The Kier molecular flexibility index (Phi) is 4.99. The lowest BCUT2D eigenvalue weighted by atomic mass is 9.97. The molecular weight excluding hydrogens is 278 g/mol. The third-order valence-electron chi connectivity index (χ3n) is 3.67. The third kappa shape index (κ3) is 4.65. The molecule has 22 heavy (non-hydrogen) atoms. The van der Waals surface area contributed by atoms with Gasteiger partial charge in [-0.15, -0.1) is 0 Å². The Morgan fingerprint density at radius 1 is 1.36 bits per heavy atom. The van der Waals surface area contributed by atoms with Gasteiger partial charge in [-0.1, -0.05) is 26.0 Å². The molecule has 0 bridgehead atoms. The predicted molar refractivity (Wildman–Crippen MR) is 87.3 cm³/mol. The van der Waals surface area contributed by atoms with Gasteiger partial charge in [0.2, 0.25) is 0 Å². The molecule has 1 aliphatic rings. The lowest BCUT2D eigenvalue weighted by Gasteiger charge is -2.25. The van der Waals surface area contributed by atoms with Gasteiger partial charge < -0.3 is 14.8 Å². The van der Waals surface area contributed by atoms with Gasteiger partial charge in [0.25, 0.3) is 0 Å². The fraction of sp³-hybridized carbons (Fsp3) is 0.611. The van der Waals surface area contributed by atoms with Crippen LogP contribution in [0.2, 0.25) is 0 Å². The van der Waals surface area contributed by atoms with Crippen LogP contribution in [0, 0.1) is 5.92 Å². The molecule has 0 saturated heterocycles. The molecule has 1 unspecified atom stereocenters. The van der Waals surface area contributed by atoms with E-state index in [4.69, 9.17) is 9.47 Å². The molecule has 0 aliphatic carbocycles. The molecule has 1 N–H and O–H groups in total. The molecule has 0 fully saturated rings. The Balaban J connectivity index is 2.01. The Bertz CT molecular complexity index is 532. The third-order valence-corrected chi connectivity index (χ3v) is 3.67. The molecule has 0 radical (unpaired) electrons. The largest absolute Gasteiger partial charge is 0.493 e. The number of carbonyl (C=O) groups is 1. The summed E-state index contributed by atoms with van der Waals surface area (Å²) in [4.78, 5) is 12.0. The van der Waals surface area contributed by atoms with E-state index < -0.39 is 0 Å². The molecule has 1 atom stereocenters. The average molecular weight is 305 g/mol. The van der Waals surface area contributed by atoms with E-state index in [9.17, 15) is 4.79 Å². The van der Waals surface area contributed by atoms with Crippen LogP contribution < -0.4 is 10.1 Å². The molecule has 1 aromatic carbocycles. The van der Waals surface area contributed by atoms with Crippen molar-refractivity contribution in [2.75, 3.05) is 6.61 Å². The first kappa shape index (κ1) is 16.7. The number of alkyl carbamates (subject to hydrolysis) is 1. The Labute approximate surface area is 133 Å². The van der Waals surface area contributed by atoms with E-state index >= 15 is 0 Å². The first-order valence-electron chi connectivity index (χ1n) is 7.98. The standard InChI is InChI=1S/C18H27NO3/c1-12(2)16(22-17(20)19-18(3,4)5)11-13-6-7-15-14(10-13)8-9-21-15/h6-7,10,12,16H,8-9,11H2,1-5H3,(H,19,20). The van der Waals surface area contributed by atoms with E-state index in [2.05, 4.69) is 31.3 Å². The second-order valence-corrected chi connectivity index (χ2v) is 7.31. The Morgan fingerprint density at radius 3 is 2.73 bits per heavy atom. The minimum absolute atomic E-state index is 0.136. The summed E-state index contributed by atoms with van der Waals surface area (Å²) in [6.07, 6.45) is 1.20. The monoisotopic (exact) mass is 305 g/mol. The van der Waals surface area contributed by atoms with Crippen molar-refractivity contribution in [3.05, 3.63) is 29.3 Å². The number of benzene rings is 1. The highest BCUT2D eigenvalue weighted by atomic mass is 16.6. The molecule has 122 valence electrons. The zero-order valence-electron chi connectivity index (χ0n) is 14.2. The average Bonchev–Trinajstić information content (AvgIpc) is 2.82. The number of nitrogens with one attached hydrogen (secondary N) is 1. The molecule has 1 aromatic rings. The van der Waals surface area contributed by atoms with Gasteiger partial charge in [0.05, 0.1) is 6.61 Å². The quantitative estimate of drug-likeness (QED) is 0.922. The summed E-state index contributed by atoms with van der Waals surface area (Å²) in [5.41, 5.74) is 2.15. The summed E-state index contributed by atoms with van der Waals surface area (Å²) in [6, 6.07) is 6.25. The van der Waals surface area contributed by atoms with Crippen molar-refractivity contribution in [1.82, 2.24) is 5.32 Å². The maximum absolute atomic E-state index is 12.0. The molecule has 2 rings (SSSR count). The van der Waals surface area contributed by atoms with Crippen molar-refractivity contribution in [2.45, 2.75) is 59.1 Å². The van der Waals surface area contributed by atoms with Crippen LogP contribution in [0.4, 0.5) is 4.79 Å². The molecule has 4 nitrogen and oxygen atoms in total. The minimum Gasteiger partial charge on any atom is -0.493 e. The molecule has 1 amide bonds. The van der Waals surface area contributed by atoms with Gasteiger partial charge in [-0.3, -0.25) is 0 Å². The maximum Gasteiger partial charge on any atom is 0.407 e. The highest BCUT2D eigenvalue weighted by Crippen LogP contribution is 2.27. The number of hydrogen-bond donors (Lipinski definition) is 1. The van der Waals surface area contributed by atoms with Gasteiger partial charge in [-0.2, -0.15) is 0 Å². The van der Waals surface area contributed by atoms with E-state index in [1.807, 2.05) is 26.8 Å². The zero-order chi connectivity index (χ0) is 16.3. The topological polar surface area (TPSA) is 47.6 Å². The zero-order valence-corrected chi connectivity index (χ0v) is 14.2. The van der Waals surface area contributed by atoms with E-state index in [0.29, 0.717) is 0 Å². The van der Waals surface area contributed by atoms with Crippen LogP contribution in [0.3, 0.4) is 0 Å². The van der Waals surface area contributed by atoms with Crippen molar-refractivity contribution in [3.8, 4) is 5.75 Å². The summed E-state index contributed by atoms with van der Waals surface area (Å²) < 4.78 is 11.2. The highest BCUT2D eigenvalue weighted by Gasteiger charge is 2.23. The van der Waals surface area contributed by atoms with Crippen molar-refractivity contribution < 1.29 is 14.3 Å². The van der Waals surface area contributed by atoms with Crippen LogP contribution in [0.5, 0.6) is 5.75 Å². The van der Waals surface area contributed by atoms with Crippen LogP contribution in [-0.4, -0.2) is 24.3 Å².